The second kappa shape index (κ2) is 21.9. The Morgan fingerprint density at radius 1 is 0.595 bits per heavy atom. The van der Waals surface area contributed by atoms with Gasteiger partial charge in [0.2, 0.25) is 0 Å². The Morgan fingerprint density at radius 2 is 0.919 bits per heavy atom. The quantitative estimate of drug-likeness (QED) is 0.444. The first-order valence-corrected chi connectivity index (χ1v) is 12.4. The summed E-state index contributed by atoms with van der Waals surface area (Å²) in [4.78, 5) is 41.9. The zero-order chi connectivity index (χ0) is 28.8. The molecule has 8 nitrogen and oxygen atoms in total. The molecule has 0 saturated heterocycles. The lowest BCUT2D eigenvalue weighted by molar-refractivity contribution is -0.317. The van der Waals surface area contributed by atoms with Gasteiger partial charge in [-0.05, 0) is 36.1 Å². The van der Waals surface area contributed by atoms with Crippen LogP contribution >= 0.6 is 11.6 Å². The van der Waals surface area contributed by atoms with Gasteiger partial charge in [-0.25, -0.2) is 0 Å². The third kappa shape index (κ3) is 18.5. The van der Waals surface area contributed by atoms with E-state index >= 15 is 0 Å². The van der Waals surface area contributed by atoms with E-state index in [0.717, 1.165) is 0 Å². The van der Waals surface area contributed by atoms with Crippen molar-refractivity contribution in [3.63, 3.8) is 0 Å². The van der Waals surface area contributed by atoms with Crippen molar-refractivity contribution in [3.05, 3.63) is 70.7 Å². The van der Waals surface area contributed by atoms with Gasteiger partial charge in [0.1, 0.15) is 0 Å². The highest BCUT2D eigenvalue weighted by Crippen LogP contribution is 2.21. The van der Waals surface area contributed by atoms with Gasteiger partial charge < -0.3 is 39.6 Å². The second-order valence-electron chi connectivity index (χ2n) is 7.86. The van der Waals surface area contributed by atoms with Crippen molar-refractivity contribution < 1.29 is 39.6 Å². The summed E-state index contributed by atoms with van der Waals surface area (Å²) in [5, 5.41) is 42.4. The maximum absolute atomic E-state index is 10.7. The Hall–Kier alpha value is -3.39. The van der Waals surface area contributed by atoms with Crippen molar-refractivity contribution in [2.75, 3.05) is 0 Å². The van der Waals surface area contributed by atoms with Crippen molar-refractivity contribution in [3.8, 4) is 0 Å². The molecule has 2 atom stereocenters. The van der Waals surface area contributed by atoms with Crippen LogP contribution in [0.15, 0.2) is 54.6 Å². The van der Waals surface area contributed by atoms with Crippen LogP contribution in [0.5, 0.6) is 0 Å². The highest BCUT2D eigenvalue weighted by Gasteiger charge is 2.13. The molecule has 2 rings (SSSR count). The molecule has 206 valence electrons. The predicted octanol–water partition coefficient (Wildman–Crippen LogP) is 1.59. The molecule has 0 N–H and O–H groups in total. The molecule has 2 unspecified atom stereocenters. The Balaban J connectivity index is 0. The van der Waals surface area contributed by atoms with Crippen molar-refractivity contribution in [2.24, 2.45) is 0 Å². The Bertz CT molecular complexity index is 906. The lowest BCUT2D eigenvalue weighted by Crippen LogP contribution is -2.34. The predicted molar refractivity (Wildman–Crippen MR) is 134 cm³/mol. The number of carbonyl (C=O) groups is 4. The van der Waals surface area contributed by atoms with E-state index in [1.54, 1.807) is 30.3 Å². The molecule has 2 aromatic rings. The smallest absolute Gasteiger partial charge is 0.0493 e. The number of carboxylic acid groups (broad SMARTS) is 4. The van der Waals surface area contributed by atoms with Crippen LogP contribution in [0.1, 0.15) is 89.2 Å². The number of hydrogen-bond donors (Lipinski definition) is 0. The number of rotatable bonds is 10. The van der Waals surface area contributed by atoms with E-state index < -0.39 is 48.6 Å². The highest BCUT2D eigenvalue weighted by atomic mass is 35.5. The van der Waals surface area contributed by atoms with Crippen molar-refractivity contribution in [1.82, 2.24) is 0 Å². The molecule has 0 aliphatic carbocycles. The highest BCUT2D eigenvalue weighted by molar-refractivity contribution is 6.30. The van der Waals surface area contributed by atoms with Crippen LogP contribution in [0, 0.1) is 0 Å². The topological polar surface area (TPSA) is 161 Å². The maximum atomic E-state index is 10.7. The van der Waals surface area contributed by atoms with Crippen LogP contribution in [0.25, 0.3) is 0 Å². The monoisotopic (exact) mass is 534 g/mol. The fourth-order valence-electron chi connectivity index (χ4n) is 2.39. The first-order chi connectivity index (χ1) is 17.4. The molecule has 0 bridgehead atoms. The van der Waals surface area contributed by atoms with Crippen LogP contribution in [0.3, 0.4) is 0 Å². The van der Waals surface area contributed by atoms with E-state index in [0.29, 0.717) is 16.1 Å². The summed E-state index contributed by atoms with van der Waals surface area (Å²) < 4.78 is 0. The van der Waals surface area contributed by atoms with Crippen LogP contribution < -0.4 is 20.4 Å². The molecule has 0 aliphatic rings. The van der Waals surface area contributed by atoms with E-state index in [4.69, 9.17) is 11.6 Å². The largest absolute Gasteiger partial charge is 0.550 e. The molecule has 0 saturated carbocycles. The summed E-state index contributed by atoms with van der Waals surface area (Å²) in [5.74, 6) is -8.02. The maximum Gasteiger partial charge on any atom is 0.0493 e. The molecule has 0 fully saturated rings. The number of halogens is 1. The normalized spacial score (nSPS) is 11.1. The molecular weight excluding hydrogens is 500 g/mol. The lowest BCUT2D eigenvalue weighted by atomic mass is 9.96. The third-order valence-corrected chi connectivity index (χ3v) is 5.04. The molecule has 0 spiro atoms. The molecule has 0 aromatic heterocycles. The molecule has 0 radical (unpaired) electrons. The first kappa shape index (κ1) is 35.8. The minimum Gasteiger partial charge on any atom is -0.550 e. The molecule has 37 heavy (non-hydrogen) atoms. The summed E-state index contributed by atoms with van der Waals surface area (Å²) in [7, 11) is 0. The Morgan fingerprint density at radius 3 is 1.19 bits per heavy atom. The van der Waals surface area contributed by atoms with E-state index in [-0.39, 0.29) is 0 Å². The molecule has 0 aliphatic heterocycles. The summed E-state index contributed by atoms with van der Waals surface area (Å²) >= 11 is 5.61. The van der Waals surface area contributed by atoms with Crippen LogP contribution in [-0.2, 0) is 19.2 Å². The standard InChI is InChI=1S/C10H9ClO4.C10H10O4.2C4H10/c11-7-3-1-6(2-4-7)8(10(14)15)5-9(12)13;11-9(12)6-8(10(13)14)7-4-2-1-3-5-7;2*1-3-4-2/h1-4,8H,5H2,(H,12,13)(H,14,15);1-5,8H,6H2,(H,11,12)(H,13,14);2*3-4H2,1-2H3/p-4. The molecule has 2 aromatic carbocycles. The van der Waals surface area contributed by atoms with Gasteiger partial charge in [-0.15, -0.1) is 0 Å². The minimum absolute atomic E-state index is 0.337. The Labute approximate surface area is 223 Å². The third-order valence-electron chi connectivity index (χ3n) is 4.78. The number of carboxylic acids is 4. The molecular formula is C28H35ClO8-4. The average Bonchev–Trinajstić information content (AvgIpc) is 2.87. The van der Waals surface area contributed by atoms with E-state index in [1.165, 1.54) is 49.9 Å². The van der Waals surface area contributed by atoms with Gasteiger partial charge in [0.15, 0.2) is 0 Å². The first-order valence-electron chi connectivity index (χ1n) is 12.1. The van der Waals surface area contributed by atoms with Crippen molar-refractivity contribution in [2.45, 2.75) is 78.1 Å². The van der Waals surface area contributed by atoms with Gasteiger partial charge in [0, 0.05) is 40.7 Å². The summed E-state index contributed by atoms with van der Waals surface area (Å²) in [6, 6.07) is 14.0. The Kier molecular flexibility index (Phi) is 21.1. The number of benzene rings is 2. The van der Waals surface area contributed by atoms with Gasteiger partial charge in [-0.2, -0.15) is 0 Å². The minimum atomic E-state index is -1.44. The molecule has 0 heterocycles. The van der Waals surface area contributed by atoms with Gasteiger partial charge >= 0.3 is 0 Å². The van der Waals surface area contributed by atoms with Crippen LogP contribution in [-0.4, -0.2) is 23.9 Å². The average molecular weight is 535 g/mol. The summed E-state index contributed by atoms with van der Waals surface area (Å²) in [6.07, 6.45) is 4.11. The van der Waals surface area contributed by atoms with Crippen molar-refractivity contribution >= 4 is 35.5 Å². The zero-order valence-electron chi connectivity index (χ0n) is 21.7. The summed E-state index contributed by atoms with van der Waals surface area (Å²) in [6.45, 7) is 8.72. The van der Waals surface area contributed by atoms with Gasteiger partial charge in [-0.3, -0.25) is 0 Å². The number of carbonyl (C=O) groups excluding carboxylic acids is 4. The van der Waals surface area contributed by atoms with E-state index in [9.17, 15) is 39.6 Å². The van der Waals surface area contributed by atoms with Crippen LogP contribution in [0.2, 0.25) is 5.02 Å². The molecule has 0 amide bonds. The number of unbranched alkanes of at least 4 members (excludes halogenated alkanes) is 2. The SMILES string of the molecule is CCCC.CCCC.O=C([O-])CC(C(=O)[O-])c1ccc(Cl)cc1.O=C([O-])CC(C(=O)[O-])c1ccccc1. The lowest BCUT2D eigenvalue weighted by Gasteiger charge is -2.18. The fraction of sp³-hybridized carbons (Fsp3) is 0.429. The van der Waals surface area contributed by atoms with Crippen molar-refractivity contribution in [1.29, 1.82) is 0 Å². The van der Waals surface area contributed by atoms with Gasteiger partial charge in [-0.1, -0.05) is 107 Å². The van der Waals surface area contributed by atoms with Gasteiger partial charge in [0.05, 0.1) is 0 Å². The number of aliphatic carboxylic acids is 4. The van der Waals surface area contributed by atoms with E-state index in [1.807, 2.05) is 0 Å². The van der Waals surface area contributed by atoms with Crippen LogP contribution in [0.4, 0.5) is 0 Å². The van der Waals surface area contributed by atoms with Gasteiger partial charge in [0.25, 0.3) is 0 Å². The van der Waals surface area contributed by atoms with E-state index in [2.05, 4.69) is 27.7 Å². The second-order valence-corrected chi connectivity index (χ2v) is 8.29. The summed E-state index contributed by atoms with van der Waals surface area (Å²) in [5.41, 5.74) is 0.750. The molecule has 9 heteroatoms. The zero-order valence-corrected chi connectivity index (χ0v) is 22.5. The number of hydrogen-bond acceptors (Lipinski definition) is 8. The fourth-order valence-corrected chi connectivity index (χ4v) is 2.51.